The fraction of sp³-hybridized carbons (Fsp3) is 0.348. The summed E-state index contributed by atoms with van der Waals surface area (Å²) in [6, 6.07) is 5.54. The van der Waals surface area contributed by atoms with Gasteiger partial charge in [0.25, 0.3) is 5.56 Å². The third kappa shape index (κ3) is 3.10. The predicted molar refractivity (Wildman–Crippen MR) is 116 cm³/mol. The van der Waals surface area contributed by atoms with Gasteiger partial charge in [0.1, 0.15) is 17.1 Å². The zero-order valence-electron chi connectivity index (χ0n) is 17.6. The second-order valence-electron chi connectivity index (χ2n) is 7.62. The van der Waals surface area contributed by atoms with Crippen LogP contribution in [0.25, 0.3) is 16.6 Å². The van der Waals surface area contributed by atoms with Crippen LogP contribution in [0, 0.1) is 13.8 Å². The number of pyridine rings is 2. The van der Waals surface area contributed by atoms with Crippen LogP contribution < -0.4 is 16.0 Å². The van der Waals surface area contributed by atoms with Crippen molar-refractivity contribution in [1.29, 1.82) is 0 Å². The number of ether oxygens (including phenoxy) is 2. The zero-order valence-corrected chi connectivity index (χ0v) is 17.6. The number of hydrogen-bond acceptors (Lipinski definition) is 6. The second-order valence-corrected chi connectivity index (χ2v) is 7.62. The van der Waals surface area contributed by atoms with Gasteiger partial charge in [0.05, 0.1) is 30.3 Å². The second kappa shape index (κ2) is 7.48. The molecule has 7 heteroatoms. The number of esters is 1. The Hall–Kier alpha value is -3.35. The predicted octanol–water partition coefficient (Wildman–Crippen LogP) is 3.65. The van der Waals surface area contributed by atoms with Crippen molar-refractivity contribution in [2.75, 3.05) is 19.5 Å². The molecule has 156 valence electrons. The van der Waals surface area contributed by atoms with Crippen LogP contribution in [-0.2, 0) is 4.74 Å². The first-order valence-corrected chi connectivity index (χ1v) is 10.0. The average Bonchev–Trinajstić information content (AvgIpc) is 3.56. The molecule has 0 bridgehead atoms. The lowest BCUT2D eigenvalue weighted by atomic mass is 10.0. The summed E-state index contributed by atoms with van der Waals surface area (Å²) >= 11 is 0. The number of benzene rings is 1. The highest BCUT2D eigenvalue weighted by Gasteiger charge is 2.28. The van der Waals surface area contributed by atoms with Crippen molar-refractivity contribution in [3.63, 3.8) is 0 Å². The van der Waals surface area contributed by atoms with Gasteiger partial charge in [-0.25, -0.2) is 4.79 Å². The van der Waals surface area contributed by atoms with E-state index < -0.39 is 5.97 Å². The number of nitrogens with zero attached hydrogens (tertiary/aromatic N) is 2. The summed E-state index contributed by atoms with van der Waals surface area (Å²) in [7, 11) is 1.57. The van der Waals surface area contributed by atoms with Crippen molar-refractivity contribution < 1.29 is 14.3 Å². The van der Waals surface area contributed by atoms with Crippen LogP contribution >= 0.6 is 0 Å². The Balaban J connectivity index is 2.12. The summed E-state index contributed by atoms with van der Waals surface area (Å²) < 4.78 is 12.1. The van der Waals surface area contributed by atoms with Gasteiger partial charge in [-0.15, -0.1) is 0 Å². The van der Waals surface area contributed by atoms with Gasteiger partial charge in [0.2, 0.25) is 0 Å². The van der Waals surface area contributed by atoms with Gasteiger partial charge in [0.15, 0.2) is 0 Å². The Morgan fingerprint density at radius 1 is 1.30 bits per heavy atom. The van der Waals surface area contributed by atoms with Crippen LogP contribution in [-0.4, -0.2) is 29.2 Å². The molecule has 1 aliphatic carbocycles. The maximum Gasteiger partial charge on any atom is 0.344 e. The minimum absolute atomic E-state index is 0.0112. The molecule has 7 nitrogen and oxygen atoms in total. The molecule has 30 heavy (non-hydrogen) atoms. The molecule has 0 atom stereocenters. The number of aromatic nitrogens is 2. The largest absolute Gasteiger partial charge is 0.496 e. The highest BCUT2D eigenvalue weighted by molar-refractivity contribution is 6.07. The van der Waals surface area contributed by atoms with E-state index in [1.165, 1.54) is 4.57 Å². The molecule has 0 amide bonds. The minimum atomic E-state index is -0.598. The van der Waals surface area contributed by atoms with E-state index in [4.69, 9.17) is 15.2 Å². The third-order valence-electron chi connectivity index (χ3n) is 5.63. The maximum atomic E-state index is 13.6. The summed E-state index contributed by atoms with van der Waals surface area (Å²) in [5.74, 6) is 0.457. The van der Waals surface area contributed by atoms with Crippen molar-refractivity contribution in [1.82, 2.24) is 9.55 Å². The van der Waals surface area contributed by atoms with Crippen molar-refractivity contribution in [3.8, 4) is 11.4 Å². The number of hydrogen-bond donors (Lipinski definition) is 1. The maximum absolute atomic E-state index is 13.6. The zero-order chi connectivity index (χ0) is 21.6. The van der Waals surface area contributed by atoms with Gasteiger partial charge < -0.3 is 15.2 Å². The summed E-state index contributed by atoms with van der Waals surface area (Å²) in [4.78, 5) is 30.9. The molecule has 0 radical (unpaired) electrons. The number of rotatable bonds is 5. The average molecular weight is 407 g/mol. The van der Waals surface area contributed by atoms with E-state index in [0.29, 0.717) is 22.7 Å². The van der Waals surface area contributed by atoms with Crippen LogP contribution in [0.4, 0.5) is 5.82 Å². The number of fused-ring (bicyclic) bond motifs is 1. The van der Waals surface area contributed by atoms with Gasteiger partial charge in [-0.3, -0.25) is 14.3 Å². The number of nitrogen functional groups attached to an aromatic ring is 1. The molecular weight excluding hydrogens is 382 g/mol. The molecule has 0 aliphatic heterocycles. The molecular formula is C23H25N3O4. The van der Waals surface area contributed by atoms with Crippen molar-refractivity contribution >= 4 is 22.7 Å². The number of nitrogens with two attached hydrogens (primary N) is 1. The molecule has 2 N–H and O–H groups in total. The fourth-order valence-electron chi connectivity index (χ4n) is 3.95. The fourth-order valence-corrected chi connectivity index (χ4v) is 3.95. The first-order chi connectivity index (χ1) is 14.4. The molecule has 2 heterocycles. The highest BCUT2D eigenvalue weighted by Crippen LogP contribution is 2.40. The van der Waals surface area contributed by atoms with Crippen LogP contribution in [0.2, 0.25) is 0 Å². The van der Waals surface area contributed by atoms with E-state index >= 15 is 0 Å². The van der Waals surface area contributed by atoms with Gasteiger partial charge in [-0.1, -0.05) is 6.07 Å². The Bertz CT molecular complexity index is 1230. The Labute approximate surface area is 174 Å². The highest BCUT2D eigenvalue weighted by atomic mass is 16.5. The molecule has 3 aromatic rings. The summed E-state index contributed by atoms with van der Waals surface area (Å²) in [5, 5.41) is 0.360. The van der Waals surface area contributed by atoms with Crippen molar-refractivity contribution in [2.24, 2.45) is 0 Å². The normalized spacial score (nSPS) is 13.5. The Kier molecular flexibility index (Phi) is 4.97. The first-order valence-electron chi connectivity index (χ1n) is 10.0. The molecule has 2 aromatic heterocycles. The van der Waals surface area contributed by atoms with Crippen LogP contribution in [0.1, 0.15) is 52.7 Å². The van der Waals surface area contributed by atoms with Gasteiger partial charge in [-0.05, 0) is 62.8 Å². The van der Waals surface area contributed by atoms with Crippen LogP contribution in [0.3, 0.4) is 0 Å². The minimum Gasteiger partial charge on any atom is -0.496 e. The monoisotopic (exact) mass is 407 g/mol. The first kappa shape index (κ1) is 19.9. The Morgan fingerprint density at radius 3 is 2.67 bits per heavy atom. The summed E-state index contributed by atoms with van der Waals surface area (Å²) in [6.45, 7) is 5.67. The molecule has 1 saturated carbocycles. The van der Waals surface area contributed by atoms with Gasteiger partial charge in [-0.2, -0.15) is 0 Å². The van der Waals surface area contributed by atoms with Crippen LogP contribution in [0.5, 0.6) is 5.75 Å². The third-order valence-corrected chi connectivity index (χ3v) is 5.63. The standard InChI is InChI=1S/C23H25N3O4/c1-5-30-23(28)18-19-16(10-15(11-25-19)14-7-8-14)22(27)26(21(18)24)20-12(2)6-9-17(29-4)13(20)3/h6,9-11,14H,5,7-8,24H2,1-4H3. The molecule has 1 aromatic carbocycles. The molecule has 0 spiro atoms. The molecule has 1 aliphatic rings. The van der Waals surface area contributed by atoms with Crippen LogP contribution in [0.15, 0.2) is 29.2 Å². The van der Waals surface area contributed by atoms with E-state index in [1.54, 1.807) is 20.2 Å². The molecule has 1 fully saturated rings. The smallest absolute Gasteiger partial charge is 0.344 e. The lowest BCUT2D eigenvalue weighted by molar-refractivity contribution is 0.0529. The van der Waals surface area contributed by atoms with Crippen molar-refractivity contribution in [2.45, 2.75) is 39.5 Å². The van der Waals surface area contributed by atoms with E-state index in [-0.39, 0.29) is 29.1 Å². The number of carbonyl (C=O) groups is 1. The summed E-state index contributed by atoms with van der Waals surface area (Å²) in [6.07, 6.45) is 3.89. The number of anilines is 1. The van der Waals surface area contributed by atoms with E-state index in [9.17, 15) is 9.59 Å². The molecule has 0 saturated heterocycles. The SMILES string of the molecule is CCOC(=O)c1c(N)n(-c2c(C)ccc(OC)c2C)c(=O)c2cc(C3CC3)cnc12. The summed E-state index contributed by atoms with van der Waals surface area (Å²) in [5.41, 5.74) is 9.69. The van der Waals surface area contributed by atoms with E-state index in [0.717, 1.165) is 29.5 Å². The lowest BCUT2D eigenvalue weighted by Gasteiger charge is -2.20. The molecule has 0 unspecified atom stereocenters. The Morgan fingerprint density at radius 2 is 2.03 bits per heavy atom. The van der Waals surface area contributed by atoms with Gasteiger partial charge >= 0.3 is 5.97 Å². The topological polar surface area (TPSA) is 96.4 Å². The van der Waals surface area contributed by atoms with E-state index in [2.05, 4.69) is 4.98 Å². The number of methoxy groups -OCH3 is 1. The lowest BCUT2D eigenvalue weighted by Crippen LogP contribution is -2.27. The number of carbonyl (C=O) groups excluding carboxylic acids is 1. The van der Waals surface area contributed by atoms with Crippen molar-refractivity contribution in [3.05, 3.63) is 57.0 Å². The number of aryl methyl sites for hydroxylation is 1. The van der Waals surface area contributed by atoms with Gasteiger partial charge in [0, 0.05) is 11.8 Å². The molecule has 4 rings (SSSR count). The quantitative estimate of drug-likeness (QED) is 0.649. The van der Waals surface area contributed by atoms with E-state index in [1.807, 2.05) is 32.0 Å².